The number of rotatable bonds is 5. The van der Waals surface area contributed by atoms with Crippen molar-refractivity contribution >= 4 is 11.9 Å². The summed E-state index contributed by atoms with van der Waals surface area (Å²) in [5.41, 5.74) is 2.36. The lowest BCUT2D eigenvalue weighted by molar-refractivity contribution is -0.132. The Balaban J connectivity index is 1.62. The number of likely N-dealkylation sites (tertiary alicyclic amines) is 1. The third kappa shape index (κ3) is 4.07. The van der Waals surface area contributed by atoms with Crippen molar-refractivity contribution in [1.29, 1.82) is 0 Å². The van der Waals surface area contributed by atoms with Gasteiger partial charge < -0.3 is 10.0 Å². The predicted molar refractivity (Wildman–Crippen MR) is 93.5 cm³/mol. The molecule has 3 rings (SSSR count). The number of hydrogen-bond donors (Lipinski definition) is 1. The zero-order valence-electron chi connectivity index (χ0n) is 14.4. The molecule has 1 fully saturated rings. The first-order valence-corrected chi connectivity index (χ1v) is 8.62. The van der Waals surface area contributed by atoms with Gasteiger partial charge in [0.1, 0.15) is 0 Å². The highest BCUT2D eigenvalue weighted by molar-refractivity contribution is 5.87. The van der Waals surface area contributed by atoms with Crippen molar-refractivity contribution in [3.63, 3.8) is 0 Å². The second kappa shape index (κ2) is 7.51. The first-order valence-electron chi connectivity index (χ1n) is 8.62. The Hall–Kier alpha value is -2.63. The van der Waals surface area contributed by atoms with Crippen molar-refractivity contribution in [2.45, 2.75) is 31.6 Å². The highest BCUT2D eigenvalue weighted by Gasteiger charge is 2.25. The van der Waals surface area contributed by atoms with Crippen LogP contribution in [0.2, 0.25) is 0 Å². The number of benzene rings is 1. The number of aromatic nitrogens is 2. The molecule has 2 heterocycles. The molecule has 0 aliphatic carbocycles. The van der Waals surface area contributed by atoms with Crippen molar-refractivity contribution < 1.29 is 14.7 Å². The molecule has 6 heteroatoms. The highest BCUT2D eigenvalue weighted by atomic mass is 16.4. The van der Waals surface area contributed by atoms with Crippen LogP contribution in [0.3, 0.4) is 0 Å². The van der Waals surface area contributed by atoms with Crippen molar-refractivity contribution in [2.75, 3.05) is 13.1 Å². The van der Waals surface area contributed by atoms with Gasteiger partial charge in [0, 0.05) is 44.4 Å². The third-order valence-corrected chi connectivity index (χ3v) is 4.90. The highest BCUT2D eigenvalue weighted by Crippen LogP contribution is 2.28. The van der Waals surface area contributed by atoms with Crippen LogP contribution in [0.15, 0.2) is 36.5 Å². The van der Waals surface area contributed by atoms with Crippen molar-refractivity contribution in [3.05, 3.63) is 53.3 Å². The summed E-state index contributed by atoms with van der Waals surface area (Å²) in [6.07, 6.45) is 4.83. The van der Waals surface area contributed by atoms with E-state index in [2.05, 4.69) is 5.10 Å². The van der Waals surface area contributed by atoms with Gasteiger partial charge in [-0.2, -0.15) is 5.10 Å². The Morgan fingerprint density at radius 1 is 1.32 bits per heavy atom. The number of carboxylic acids is 1. The molecule has 0 bridgehead atoms. The first-order chi connectivity index (χ1) is 12.0. The van der Waals surface area contributed by atoms with E-state index in [-0.39, 0.29) is 11.8 Å². The molecular weight excluding hydrogens is 318 g/mol. The van der Waals surface area contributed by atoms with Gasteiger partial charge in [0.2, 0.25) is 5.91 Å². The quantitative estimate of drug-likeness (QED) is 0.906. The monoisotopic (exact) mass is 341 g/mol. The van der Waals surface area contributed by atoms with Gasteiger partial charge >= 0.3 is 5.97 Å². The molecule has 1 saturated heterocycles. The van der Waals surface area contributed by atoms with Gasteiger partial charge in [0.15, 0.2) is 0 Å². The molecule has 0 spiro atoms. The van der Waals surface area contributed by atoms with Gasteiger partial charge in [-0.3, -0.25) is 9.48 Å². The molecule has 2 aromatic rings. The second-order valence-electron chi connectivity index (χ2n) is 6.56. The van der Waals surface area contributed by atoms with Crippen molar-refractivity contribution in [3.8, 4) is 0 Å². The van der Waals surface area contributed by atoms with Gasteiger partial charge in [0.25, 0.3) is 0 Å². The largest absolute Gasteiger partial charge is 0.478 e. The van der Waals surface area contributed by atoms with Crippen molar-refractivity contribution in [2.24, 2.45) is 7.05 Å². The fourth-order valence-electron chi connectivity index (χ4n) is 3.44. The zero-order chi connectivity index (χ0) is 17.8. The minimum Gasteiger partial charge on any atom is -0.478 e. The van der Waals surface area contributed by atoms with Crippen LogP contribution in [0.5, 0.6) is 0 Å². The van der Waals surface area contributed by atoms with Crippen LogP contribution in [0.1, 0.15) is 46.8 Å². The number of piperidine rings is 1. The minimum atomic E-state index is -0.915. The molecule has 1 amide bonds. The zero-order valence-corrected chi connectivity index (χ0v) is 14.4. The molecule has 1 unspecified atom stereocenters. The molecule has 1 atom stereocenters. The van der Waals surface area contributed by atoms with Crippen LogP contribution < -0.4 is 0 Å². The van der Waals surface area contributed by atoms with E-state index in [0.29, 0.717) is 24.9 Å². The average molecular weight is 341 g/mol. The lowest BCUT2D eigenvalue weighted by Crippen LogP contribution is -2.39. The summed E-state index contributed by atoms with van der Waals surface area (Å²) >= 11 is 0. The van der Waals surface area contributed by atoms with E-state index in [1.165, 1.54) is 0 Å². The van der Waals surface area contributed by atoms with E-state index in [1.54, 1.807) is 29.1 Å². The molecule has 0 radical (unpaired) electrons. The number of carbonyl (C=O) groups excluding carboxylic acids is 1. The van der Waals surface area contributed by atoms with Crippen LogP contribution in [0.25, 0.3) is 0 Å². The van der Waals surface area contributed by atoms with Crippen LogP contribution in [0.4, 0.5) is 0 Å². The number of aromatic carboxylic acids is 1. The topological polar surface area (TPSA) is 75.4 Å². The van der Waals surface area contributed by atoms with Crippen molar-refractivity contribution in [1.82, 2.24) is 14.7 Å². The first kappa shape index (κ1) is 17.2. The second-order valence-corrected chi connectivity index (χ2v) is 6.56. The summed E-state index contributed by atoms with van der Waals surface area (Å²) in [7, 11) is 1.88. The number of hydrogen-bond acceptors (Lipinski definition) is 3. The standard InChI is InChI=1S/C19H23N3O3/c1-21-17(9-10-20-21)7-8-18(23)22-11-3-6-16(13-22)14-4-2-5-15(12-14)19(24)25/h2,4-5,9-10,12,16H,3,6-8,11,13H2,1H3,(H,24,25). The molecule has 1 aromatic carbocycles. The number of carboxylic acid groups (broad SMARTS) is 1. The van der Waals surface area contributed by atoms with E-state index in [4.69, 9.17) is 5.11 Å². The fraction of sp³-hybridized carbons (Fsp3) is 0.421. The Kier molecular flexibility index (Phi) is 5.16. The van der Waals surface area contributed by atoms with Crippen LogP contribution in [-0.4, -0.2) is 44.8 Å². The van der Waals surface area contributed by atoms with E-state index < -0.39 is 5.97 Å². The van der Waals surface area contributed by atoms with Crippen LogP contribution in [0, 0.1) is 0 Å². The van der Waals surface area contributed by atoms with Gasteiger partial charge in [-0.1, -0.05) is 12.1 Å². The van der Waals surface area contributed by atoms with Crippen LogP contribution in [-0.2, 0) is 18.3 Å². The molecule has 1 aliphatic rings. The fourth-order valence-corrected chi connectivity index (χ4v) is 3.44. The summed E-state index contributed by atoms with van der Waals surface area (Å²) in [6.45, 7) is 1.44. The normalized spacial score (nSPS) is 17.5. The van der Waals surface area contributed by atoms with Gasteiger partial charge in [0.05, 0.1) is 5.56 Å². The lowest BCUT2D eigenvalue weighted by atomic mass is 9.89. The maximum Gasteiger partial charge on any atom is 0.335 e. The summed E-state index contributed by atoms with van der Waals surface area (Å²) in [5.74, 6) is -0.559. The Morgan fingerprint density at radius 3 is 2.88 bits per heavy atom. The lowest BCUT2D eigenvalue weighted by Gasteiger charge is -2.33. The molecule has 1 aliphatic heterocycles. The molecule has 0 saturated carbocycles. The Bertz CT molecular complexity index is 769. The summed E-state index contributed by atoms with van der Waals surface area (Å²) < 4.78 is 1.80. The molecule has 6 nitrogen and oxygen atoms in total. The van der Waals surface area contributed by atoms with Gasteiger partial charge in [-0.25, -0.2) is 4.79 Å². The van der Waals surface area contributed by atoms with E-state index in [9.17, 15) is 9.59 Å². The number of amides is 1. The van der Waals surface area contributed by atoms with Gasteiger partial charge in [-0.05, 0) is 43.0 Å². The SMILES string of the molecule is Cn1nccc1CCC(=O)N1CCCC(c2cccc(C(=O)O)c2)C1. The maximum atomic E-state index is 12.6. The smallest absolute Gasteiger partial charge is 0.335 e. The van der Waals surface area contributed by atoms with Gasteiger partial charge in [-0.15, -0.1) is 0 Å². The maximum absolute atomic E-state index is 12.6. The molecule has 1 aromatic heterocycles. The molecular formula is C19H23N3O3. The Labute approximate surface area is 147 Å². The number of nitrogens with zero attached hydrogens (tertiary/aromatic N) is 3. The third-order valence-electron chi connectivity index (χ3n) is 4.90. The van der Waals surface area contributed by atoms with E-state index >= 15 is 0 Å². The van der Waals surface area contributed by atoms with E-state index in [1.807, 2.05) is 24.1 Å². The average Bonchev–Trinajstić information content (AvgIpc) is 3.05. The van der Waals surface area contributed by atoms with E-state index in [0.717, 1.165) is 30.6 Å². The summed E-state index contributed by atoms with van der Waals surface area (Å²) in [5, 5.41) is 13.3. The summed E-state index contributed by atoms with van der Waals surface area (Å²) in [4.78, 5) is 25.6. The van der Waals surface area contributed by atoms with Crippen LogP contribution >= 0.6 is 0 Å². The number of aryl methyl sites for hydroxylation is 2. The number of carbonyl (C=O) groups is 2. The molecule has 132 valence electrons. The molecule has 25 heavy (non-hydrogen) atoms. The summed E-state index contributed by atoms with van der Waals surface area (Å²) in [6, 6.07) is 9.01. The Morgan fingerprint density at radius 2 is 2.16 bits per heavy atom. The minimum absolute atomic E-state index is 0.153. The predicted octanol–water partition coefficient (Wildman–Crippen LogP) is 2.46. The molecule has 1 N–H and O–H groups in total.